The van der Waals surface area contributed by atoms with Crippen molar-refractivity contribution in [3.8, 4) is 11.3 Å². The molecule has 4 N–H and O–H groups in total. The van der Waals surface area contributed by atoms with E-state index in [4.69, 9.17) is 14.5 Å². The van der Waals surface area contributed by atoms with E-state index < -0.39 is 0 Å². The van der Waals surface area contributed by atoms with E-state index in [0.29, 0.717) is 17.3 Å². The Bertz CT molecular complexity index is 1720. The maximum absolute atomic E-state index is 12.4. The van der Waals surface area contributed by atoms with Gasteiger partial charge in [-0.15, -0.1) is 0 Å². The molecule has 11 heteroatoms. The van der Waals surface area contributed by atoms with E-state index in [-0.39, 0.29) is 17.0 Å². The summed E-state index contributed by atoms with van der Waals surface area (Å²) >= 11 is 1.58. The van der Waals surface area contributed by atoms with Crippen molar-refractivity contribution >= 4 is 50.0 Å². The van der Waals surface area contributed by atoms with Gasteiger partial charge in [0.25, 0.3) is 0 Å². The lowest BCUT2D eigenvalue weighted by Gasteiger charge is -2.18. The van der Waals surface area contributed by atoms with Gasteiger partial charge in [-0.3, -0.25) is 9.72 Å². The first-order valence-corrected chi connectivity index (χ1v) is 15.0. The zero-order valence-corrected chi connectivity index (χ0v) is 24.3. The molecule has 0 radical (unpaired) electrons. The van der Waals surface area contributed by atoms with Crippen molar-refractivity contribution in [3.63, 3.8) is 0 Å². The van der Waals surface area contributed by atoms with Crippen LogP contribution >= 0.6 is 11.3 Å². The van der Waals surface area contributed by atoms with Crippen molar-refractivity contribution in [2.45, 2.75) is 57.4 Å². The van der Waals surface area contributed by atoms with Crippen molar-refractivity contribution in [3.05, 3.63) is 54.4 Å². The molecule has 2 amide bonds. The van der Waals surface area contributed by atoms with Crippen LogP contribution in [0.1, 0.15) is 52.2 Å². The molecule has 7 rings (SSSR count). The van der Waals surface area contributed by atoms with Crippen LogP contribution in [0.5, 0.6) is 0 Å². The second kappa shape index (κ2) is 9.85. The van der Waals surface area contributed by atoms with Crippen LogP contribution in [0.2, 0.25) is 0 Å². The average Bonchev–Trinajstić information content (AvgIpc) is 3.79. The van der Waals surface area contributed by atoms with Gasteiger partial charge in [0.15, 0.2) is 10.8 Å². The zero-order chi connectivity index (χ0) is 28.2. The number of urea groups is 1. The van der Waals surface area contributed by atoms with Crippen LogP contribution in [0.25, 0.3) is 26.6 Å². The number of rotatable bonds is 9. The van der Waals surface area contributed by atoms with Crippen molar-refractivity contribution in [1.29, 1.82) is 0 Å². The summed E-state index contributed by atoms with van der Waals surface area (Å²) in [6, 6.07) is 13.1. The first-order valence-electron chi connectivity index (χ1n) is 14.2. The lowest BCUT2D eigenvalue weighted by Crippen LogP contribution is -2.39. The minimum atomic E-state index is -0.385. The first-order chi connectivity index (χ1) is 19.7. The van der Waals surface area contributed by atoms with E-state index in [1.807, 2.05) is 51.2 Å². The molecule has 0 spiro atoms. The maximum Gasteiger partial charge on any atom is 0.324 e. The molecule has 0 saturated heterocycles. The molecule has 1 aromatic carbocycles. The predicted molar refractivity (Wildman–Crippen MR) is 163 cm³/mol. The van der Waals surface area contributed by atoms with Crippen LogP contribution in [0.15, 0.2) is 53.2 Å². The fourth-order valence-electron chi connectivity index (χ4n) is 4.82. The molecule has 4 aromatic heterocycles. The van der Waals surface area contributed by atoms with Crippen molar-refractivity contribution < 1.29 is 9.32 Å². The van der Waals surface area contributed by atoms with E-state index in [1.54, 1.807) is 17.4 Å². The second-order valence-electron chi connectivity index (χ2n) is 12.3. The van der Waals surface area contributed by atoms with Gasteiger partial charge in [-0.2, -0.15) is 0 Å². The Balaban J connectivity index is 0.988. The summed E-state index contributed by atoms with van der Waals surface area (Å²) < 4.78 is 7.42. The van der Waals surface area contributed by atoms with Crippen LogP contribution < -0.4 is 21.3 Å². The third-order valence-corrected chi connectivity index (χ3v) is 8.78. The summed E-state index contributed by atoms with van der Waals surface area (Å²) in [5, 5.41) is 16.8. The molecule has 41 heavy (non-hydrogen) atoms. The minimum Gasteiger partial charge on any atom is -0.368 e. The molecule has 0 aliphatic heterocycles. The van der Waals surface area contributed by atoms with Gasteiger partial charge in [0, 0.05) is 41.0 Å². The smallest absolute Gasteiger partial charge is 0.324 e. The van der Waals surface area contributed by atoms with Gasteiger partial charge in [-0.05, 0) is 62.4 Å². The van der Waals surface area contributed by atoms with Gasteiger partial charge < -0.3 is 20.5 Å². The lowest BCUT2D eigenvalue weighted by atomic mass is 9.93. The summed E-state index contributed by atoms with van der Waals surface area (Å²) in [7, 11) is 0. The Morgan fingerprint density at radius 3 is 2.59 bits per heavy atom. The molecule has 2 aliphatic rings. The average molecular weight is 571 g/mol. The van der Waals surface area contributed by atoms with Gasteiger partial charge >= 0.3 is 6.03 Å². The number of hydrogen-bond donors (Lipinski definition) is 4. The molecule has 4 heterocycles. The van der Waals surface area contributed by atoms with Crippen LogP contribution in [-0.4, -0.2) is 44.2 Å². The maximum atomic E-state index is 12.4. The van der Waals surface area contributed by atoms with E-state index in [2.05, 4.69) is 43.0 Å². The third-order valence-electron chi connectivity index (χ3n) is 7.81. The standard InChI is InChI=1S/C30H34N8O2S/c1-29(2,3)23-14-25(37-40-23)36-27(39)33-20-8-6-19(7-9-20)21-16-38-22-10-11-24(35-26(22)41-28(38)34-21)31-17-30(12-13-30)32-15-18-4-5-18/h6-11,14,16,18,32H,4-5,12-13,15,17H2,1-3H3,(H,31,35)(H2,33,36,37,39). The summed E-state index contributed by atoms with van der Waals surface area (Å²) in [6.45, 7) is 8.13. The fourth-order valence-corrected chi connectivity index (χ4v) is 5.80. The molecule has 5 aromatic rings. The number of anilines is 3. The van der Waals surface area contributed by atoms with Gasteiger partial charge in [0.1, 0.15) is 16.4 Å². The molecule has 0 bridgehead atoms. The monoisotopic (exact) mass is 570 g/mol. The Morgan fingerprint density at radius 2 is 1.88 bits per heavy atom. The van der Waals surface area contributed by atoms with Crippen molar-refractivity contribution in [2.75, 3.05) is 29.0 Å². The number of aromatic nitrogens is 4. The number of carbonyl (C=O) groups is 1. The molecule has 2 aliphatic carbocycles. The Morgan fingerprint density at radius 1 is 1.07 bits per heavy atom. The zero-order valence-electron chi connectivity index (χ0n) is 23.5. The van der Waals surface area contributed by atoms with Crippen molar-refractivity contribution in [2.24, 2.45) is 5.92 Å². The number of pyridine rings is 1. The SMILES string of the molecule is CC(C)(C)c1cc(NC(=O)Nc2ccc(-c3cn4c(n3)sc3nc(NCC5(NCC6CC6)CC5)ccc34)cc2)no1. The van der Waals surface area contributed by atoms with E-state index in [1.165, 1.54) is 25.7 Å². The molecule has 2 fully saturated rings. The number of fused-ring (bicyclic) bond motifs is 3. The van der Waals surface area contributed by atoms with Crippen LogP contribution in [0, 0.1) is 5.92 Å². The summed E-state index contributed by atoms with van der Waals surface area (Å²) in [4.78, 5) is 24.0. The number of amides is 2. The first kappa shape index (κ1) is 26.0. The van der Waals surface area contributed by atoms with E-state index >= 15 is 0 Å². The number of carbonyl (C=O) groups excluding carboxylic acids is 1. The number of benzene rings is 1. The number of imidazole rings is 1. The highest BCUT2D eigenvalue weighted by atomic mass is 32.1. The minimum absolute atomic E-state index is 0.185. The van der Waals surface area contributed by atoms with E-state index in [0.717, 1.165) is 51.4 Å². The summed E-state index contributed by atoms with van der Waals surface area (Å²) in [5.41, 5.74) is 3.60. The van der Waals surface area contributed by atoms with E-state index in [9.17, 15) is 4.79 Å². The van der Waals surface area contributed by atoms with Crippen LogP contribution in [0.3, 0.4) is 0 Å². The van der Waals surface area contributed by atoms with Gasteiger partial charge in [-0.1, -0.05) is 49.4 Å². The van der Waals surface area contributed by atoms with Crippen LogP contribution in [0.4, 0.5) is 22.1 Å². The molecule has 2 saturated carbocycles. The quantitative estimate of drug-likeness (QED) is 0.160. The number of thiazole rings is 1. The number of nitrogens with one attached hydrogen (secondary N) is 4. The largest absolute Gasteiger partial charge is 0.368 e. The van der Waals surface area contributed by atoms with Gasteiger partial charge in [-0.25, -0.2) is 14.8 Å². The Labute approximate surface area is 241 Å². The Kier molecular flexibility index (Phi) is 6.24. The van der Waals surface area contributed by atoms with Gasteiger partial charge in [0.2, 0.25) is 0 Å². The van der Waals surface area contributed by atoms with Crippen molar-refractivity contribution in [1.82, 2.24) is 24.8 Å². The van der Waals surface area contributed by atoms with Gasteiger partial charge in [0.05, 0.1) is 11.2 Å². The highest BCUT2D eigenvalue weighted by molar-refractivity contribution is 7.23. The summed E-state index contributed by atoms with van der Waals surface area (Å²) in [5.74, 6) is 2.88. The molecule has 0 atom stereocenters. The number of hydrogen-bond acceptors (Lipinski definition) is 8. The molecular formula is C30H34N8O2S. The number of nitrogens with zero attached hydrogens (tertiary/aromatic N) is 4. The normalized spacial score (nSPS) is 16.3. The highest BCUT2D eigenvalue weighted by Gasteiger charge is 2.43. The fraction of sp³-hybridized carbons (Fsp3) is 0.400. The topological polar surface area (TPSA) is 121 Å². The Hall–Kier alpha value is -3.96. The van der Waals surface area contributed by atoms with Crippen LogP contribution in [-0.2, 0) is 5.41 Å². The lowest BCUT2D eigenvalue weighted by molar-refractivity contribution is 0.262. The third kappa shape index (κ3) is 5.64. The molecule has 10 nitrogen and oxygen atoms in total. The summed E-state index contributed by atoms with van der Waals surface area (Å²) in [6.07, 6.45) is 7.26. The molecule has 212 valence electrons. The molecule has 0 unspecified atom stereocenters. The predicted octanol–water partition coefficient (Wildman–Crippen LogP) is 6.48. The highest BCUT2D eigenvalue weighted by Crippen LogP contribution is 2.38. The second-order valence-corrected chi connectivity index (χ2v) is 13.3. The molecular weight excluding hydrogens is 536 g/mol.